The summed E-state index contributed by atoms with van der Waals surface area (Å²) in [5.41, 5.74) is 1.01. The zero-order valence-corrected chi connectivity index (χ0v) is 13.3. The number of fused-ring (bicyclic) bond motifs is 1. The van der Waals surface area contributed by atoms with Crippen molar-refractivity contribution >= 4 is 22.3 Å². The van der Waals surface area contributed by atoms with Crippen molar-refractivity contribution in [3.05, 3.63) is 56.4 Å². The van der Waals surface area contributed by atoms with Crippen LogP contribution in [0.15, 0.2) is 29.1 Å². The number of ether oxygens (including phenoxy) is 1. The minimum absolute atomic E-state index is 0.0947. The number of aromatic hydroxyl groups is 1. The molecule has 1 aromatic carbocycles. The number of nitrogens with zero attached hydrogens (tertiary/aromatic N) is 3. The van der Waals surface area contributed by atoms with Crippen LogP contribution in [0.1, 0.15) is 26.6 Å². The van der Waals surface area contributed by atoms with Crippen LogP contribution in [0.4, 0.5) is 0 Å². The van der Waals surface area contributed by atoms with Crippen LogP contribution < -0.4 is 5.56 Å². The lowest BCUT2D eigenvalue weighted by Gasteiger charge is -2.06. The summed E-state index contributed by atoms with van der Waals surface area (Å²) in [5, 5.41) is 14.4. The number of phenols is 1. The van der Waals surface area contributed by atoms with Crippen LogP contribution in [0.25, 0.3) is 4.96 Å². The van der Waals surface area contributed by atoms with E-state index in [1.165, 1.54) is 28.0 Å². The van der Waals surface area contributed by atoms with Crippen molar-refractivity contribution in [3.8, 4) is 5.75 Å². The zero-order valence-electron chi connectivity index (χ0n) is 12.4. The number of esters is 1. The van der Waals surface area contributed by atoms with E-state index < -0.39 is 5.97 Å². The molecule has 2 aromatic heterocycles. The van der Waals surface area contributed by atoms with Crippen LogP contribution >= 0.6 is 11.3 Å². The van der Waals surface area contributed by atoms with Gasteiger partial charge in [-0.1, -0.05) is 23.5 Å². The quantitative estimate of drug-likeness (QED) is 0.736. The molecule has 0 radical (unpaired) electrons. The smallest absolute Gasteiger partial charge is 0.342 e. The Balaban J connectivity index is 1.81. The minimum atomic E-state index is -0.651. The number of aromatic nitrogens is 3. The number of hydrogen-bond acceptors (Lipinski definition) is 7. The molecule has 0 bridgehead atoms. The van der Waals surface area contributed by atoms with Crippen LogP contribution in [0.5, 0.6) is 5.75 Å². The van der Waals surface area contributed by atoms with Crippen molar-refractivity contribution < 1.29 is 14.6 Å². The molecule has 8 heteroatoms. The fourth-order valence-electron chi connectivity index (χ4n) is 2.05. The fourth-order valence-corrected chi connectivity index (χ4v) is 2.91. The first kappa shape index (κ1) is 15.2. The molecule has 7 nitrogen and oxygen atoms in total. The molecule has 3 aromatic rings. The molecule has 0 amide bonds. The summed E-state index contributed by atoms with van der Waals surface area (Å²) in [4.78, 5) is 28.5. The van der Waals surface area contributed by atoms with Gasteiger partial charge >= 0.3 is 5.97 Å². The summed E-state index contributed by atoms with van der Waals surface area (Å²) in [6.07, 6.45) is 0. The predicted octanol–water partition coefficient (Wildman–Crippen LogP) is 1.83. The second-order valence-corrected chi connectivity index (χ2v) is 6.01. The number of carbonyl (C=O) groups excluding carboxylic acids is 1. The van der Waals surface area contributed by atoms with Gasteiger partial charge < -0.3 is 9.84 Å². The van der Waals surface area contributed by atoms with Gasteiger partial charge in [0.25, 0.3) is 5.56 Å². The molecule has 0 spiro atoms. The molecule has 0 aliphatic heterocycles. The summed E-state index contributed by atoms with van der Waals surface area (Å²) < 4.78 is 6.33. The maximum atomic E-state index is 12.0. The Morgan fingerprint density at radius 3 is 2.96 bits per heavy atom. The maximum Gasteiger partial charge on any atom is 0.342 e. The molecule has 0 aliphatic rings. The SMILES string of the molecule is Cc1cc(=O)n2nc(COC(=O)c3cccc(C)c3O)sc2n1. The molecule has 0 unspecified atom stereocenters. The Hall–Kier alpha value is -2.74. The molecule has 23 heavy (non-hydrogen) atoms. The van der Waals surface area contributed by atoms with Gasteiger partial charge in [0.05, 0.1) is 0 Å². The van der Waals surface area contributed by atoms with E-state index in [0.29, 0.717) is 21.2 Å². The number of benzene rings is 1. The van der Waals surface area contributed by atoms with Gasteiger partial charge in [-0.15, -0.1) is 0 Å². The van der Waals surface area contributed by atoms with Gasteiger partial charge in [0, 0.05) is 11.8 Å². The molecule has 0 atom stereocenters. The number of phenolic OH excluding ortho intramolecular Hbond substituents is 1. The van der Waals surface area contributed by atoms with Crippen LogP contribution in [0, 0.1) is 13.8 Å². The highest BCUT2D eigenvalue weighted by Gasteiger charge is 2.15. The van der Waals surface area contributed by atoms with Gasteiger partial charge in [0.2, 0.25) is 4.96 Å². The number of hydrogen-bond donors (Lipinski definition) is 1. The third kappa shape index (κ3) is 2.93. The second kappa shape index (κ2) is 5.81. The molecule has 0 fully saturated rings. The molecule has 0 aliphatic carbocycles. The van der Waals surface area contributed by atoms with Crippen molar-refractivity contribution in [1.82, 2.24) is 14.6 Å². The topological polar surface area (TPSA) is 93.8 Å². The van der Waals surface area contributed by atoms with E-state index in [-0.39, 0.29) is 23.5 Å². The summed E-state index contributed by atoms with van der Waals surface area (Å²) in [5.74, 6) is -0.753. The van der Waals surface area contributed by atoms with Crippen molar-refractivity contribution in [2.45, 2.75) is 20.5 Å². The number of rotatable bonds is 3. The third-order valence-corrected chi connectivity index (χ3v) is 4.08. The summed E-state index contributed by atoms with van der Waals surface area (Å²) in [6, 6.07) is 6.22. The van der Waals surface area contributed by atoms with Crippen LogP contribution in [-0.4, -0.2) is 25.7 Å². The van der Waals surface area contributed by atoms with Gasteiger partial charge in [-0.3, -0.25) is 4.79 Å². The van der Waals surface area contributed by atoms with Crippen molar-refractivity contribution in [1.29, 1.82) is 0 Å². The molecule has 118 valence electrons. The predicted molar refractivity (Wildman–Crippen MR) is 83.8 cm³/mol. The molecule has 1 N–H and O–H groups in total. The number of aryl methyl sites for hydroxylation is 2. The Bertz CT molecular complexity index is 961. The molecule has 0 saturated carbocycles. The van der Waals surface area contributed by atoms with E-state index >= 15 is 0 Å². The van der Waals surface area contributed by atoms with Gasteiger partial charge in [-0.2, -0.15) is 9.61 Å². The number of carbonyl (C=O) groups is 1. The first-order valence-corrected chi connectivity index (χ1v) is 7.59. The van der Waals surface area contributed by atoms with Crippen molar-refractivity contribution in [2.24, 2.45) is 0 Å². The molecular weight excluding hydrogens is 318 g/mol. The molecule has 2 heterocycles. The van der Waals surface area contributed by atoms with E-state index in [1.807, 2.05) is 0 Å². The van der Waals surface area contributed by atoms with E-state index in [1.54, 1.807) is 26.0 Å². The van der Waals surface area contributed by atoms with Crippen LogP contribution in [0.3, 0.4) is 0 Å². The standard InChI is InChI=1S/C15H13N3O4S/c1-8-4-3-5-10(13(8)20)14(21)22-7-11-17-18-12(19)6-9(2)16-15(18)23-11/h3-6,20H,7H2,1-2H3. The maximum absolute atomic E-state index is 12.0. The Morgan fingerprint density at radius 1 is 1.39 bits per heavy atom. The zero-order chi connectivity index (χ0) is 16.6. The van der Waals surface area contributed by atoms with Crippen molar-refractivity contribution in [2.75, 3.05) is 0 Å². The van der Waals surface area contributed by atoms with E-state index in [2.05, 4.69) is 10.1 Å². The second-order valence-electron chi connectivity index (χ2n) is 4.97. The van der Waals surface area contributed by atoms with Crippen molar-refractivity contribution in [3.63, 3.8) is 0 Å². The average molecular weight is 331 g/mol. The first-order chi connectivity index (χ1) is 11.0. The van der Waals surface area contributed by atoms with E-state index in [4.69, 9.17) is 4.74 Å². The highest BCUT2D eigenvalue weighted by molar-refractivity contribution is 7.16. The lowest BCUT2D eigenvalue weighted by molar-refractivity contribution is 0.0468. The lowest BCUT2D eigenvalue weighted by Crippen LogP contribution is -2.14. The molecular formula is C15H13N3O4S. The monoisotopic (exact) mass is 331 g/mol. The average Bonchev–Trinajstić information content (AvgIpc) is 2.91. The number of para-hydroxylation sites is 1. The van der Waals surface area contributed by atoms with Crippen LogP contribution in [-0.2, 0) is 11.3 Å². The largest absolute Gasteiger partial charge is 0.507 e. The molecule has 3 rings (SSSR count). The summed E-state index contributed by atoms with van der Waals surface area (Å²) >= 11 is 1.17. The minimum Gasteiger partial charge on any atom is -0.507 e. The third-order valence-electron chi connectivity index (χ3n) is 3.20. The summed E-state index contributed by atoms with van der Waals surface area (Å²) in [7, 11) is 0. The Morgan fingerprint density at radius 2 is 2.17 bits per heavy atom. The molecule has 0 saturated heterocycles. The van der Waals surface area contributed by atoms with Gasteiger partial charge in [0.1, 0.15) is 17.9 Å². The van der Waals surface area contributed by atoms with E-state index in [0.717, 1.165) is 0 Å². The first-order valence-electron chi connectivity index (χ1n) is 6.78. The highest BCUT2D eigenvalue weighted by Crippen LogP contribution is 2.22. The van der Waals surface area contributed by atoms with E-state index in [9.17, 15) is 14.7 Å². The fraction of sp³-hybridized carbons (Fsp3) is 0.200. The van der Waals surface area contributed by atoms with Gasteiger partial charge in [-0.25, -0.2) is 9.78 Å². The normalized spacial score (nSPS) is 10.9. The Kier molecular flexibility index (Phi) is 3.83. The van der Waals surface area contributed by atoms with Crippen LogP contribution in [0.2, 0.25) is 0 Å². The Labute approximate surface area is 134 Å². The van der Waals surface area contributed by atoms with Gasteiger partial charge in [0.15, 0.2) is 5.01 Å². The summed E-state index contributed by atoms with van der Waals surface area (Å²) in [6.45, 7) is 3.32. The van der Waals surface area contributed by atoms with Gasteiger partial charge in [-0.05, 0) is 25.5 Å². The lowest BCUT2D eigenvalue weighted by atomic mass is 10.1. The highest BCUT2D eigenvalue weighted by atomic mass is 32.1.